The molecule has 0 aliphatic heterocycles. The zero-order valence-electron chi connectivity index (χ0n) is 11.1. The molecule has 104 valence electrons. The molecule has 5 nitrogen and oxygen atoms in total. The number of aliphatic hydroxyl groups is 1. The van der Waals surface area contributed by atoms with Gasteiger partial charge in [-0.05, 0) is 11.4 Å². The van der Waals surface area contributed by atoms with Gasteiger partial charge in [-0.15, -0.1) is 11.3 Å². The minimum absolute atomic E-state index is 0.0286. The Morgan fingerprint density at radius 2 is 2.45 bits per heavy atom. The molecule has 1 amide bonds. The molecule has 0 bridgehead atoms. The summed E-state index contributed by atoms with van der Waals surface area (Å²) in [7, 11) is 1.75. The van der Waals surface area contributed by atoms with Gasteiger partial charge in [0.2, 0.25) is 0 Å². The van der Waals surface area contributed by atoms with E-state index in [-0.39, 0.29) is 12.5 Å². The van der Waals surface area contributed by atoms with Crippen LogP contribution in [0.5, 0.6) is 0 Å². The van der Waals surface area contributed by atoms with Crippen molar-refractivity contribution in [3.05, 3.63) is 39.8 Å². The summed E-state index contributed by atoms with van der Waals surface area (Å²) in [6.07, 6.45) is 3.87. The topological polar surface area (TPSA) is 69.2 Å². The van der Waals surface area contributed by atoms with E-state index in [0.29, 0.717) is 23.4 Å². The summed E-state index contributed by atoms with van der Waals surface area (Å²) in [5.74, 6) is 5.70. The Balaban J connectivity index is 2.09. The van der Waals surface area contributed by atoms with Gasteiger partial charge in [-0.1, -0.05) is 11.8 Å². The van der Waals surface area contributed by atoms with Gasteiger partial charge in [0.15, 0.2) is 0 Å². The average Bonchev–Trinajstić information content (AvgIpc) is 3.09. The first-order valence-electron chi connectivity index (χ1n) is 6.12. The largest absolute Gasteiger partial charge is 0.395 e. The summed E-state index contributed by atoms with van der Waals surface area (Å²) in [5.41, 5.74) is 1.66. The first kappa shape index (κ1) is 14.3. The summed E-state index contributed by atoms with van der Waals surface area (Å²) in [6.45, 7) is 0.525. The number of hydrogen-bond donors (Lipinski definition) is 2. The third-order valence-corrected chi connectivity index (χ3v) is 3.54. The molecule has 0 aromatic carbocycles. The maximum atomic E-state index is 12.4. The Bertz CT molecular complexity index is 622. The number of nitrogens with one attached hydrogen (secondary N) is 1. The third kappa shape index (κ3) is 3.47. The first-order chi connectivity index (χ1) is 9.72. The standard InChI is InChI=1S/C14H15N3O2S/c1-17(10-11-8-15-16-9-11)14(19)13-12(5-7-20-13)4-2-3-6-18/h5,7-9,18H,3,6,10H2,1H3,(H,15,16). The van der Waals surface area contributed by atoms with Crippen LogP contribution in [-0.2, 0) is 6.54 Å². The molecule has 0 unspecified atom stereocenters. The molecule has 0 saturated carbocycles. The minimum atomic E-state index is -0.0606. The highest BCUT2D eigenvalue weighted by molar-refractivity contribution is 7.12. The van der Waals surface area contributed by atoms with Crippen LogP contribution in [0, 0.1) is 11.8 Å². The molecule has 0 fully saturated rings. The van der Waals surface area contributed by atoms with Gasteiger partial charge in [0, 0.05) is 37.3 Å². The lowest BCUT2D eigenvalue weighted by molar-refractivity contribution is 0.0789. The van der Waals surface area contributed by atoms with E-state index in [1.807, 2.05) is 11.4 Å². The fraction of sp³-hybridized carbons (Fsp3) is 0.286. The third-order valence-electron chi connectivity index (χ3n) is 2.64. The van der Waals surface area contributed by atoms with Gasteiger partial charge >= 0.3 is 0 Å². The average molecular weight is 289 g/mol. The normalized spacial score (nSPS) is 9.90. The lowest BCUT2D eigenvalue weighted by atomic mass is 10.2. The van der Waals surface area contributed by atoms with Crippen molar-refractivity contribution in [3.63, 3.8) is 0 Å². The van der Waals surface area contributed by atoms with Crippen LogP contribution in [-0.4, -0.2) is 39.8 Å². The van der Waals surface area contributed by atoms with Crippen LogP contribution >= 0.6 is 11.3 Å². The monoisotopic (exact) mass is 289 g/mol. The fourth-order valence-corrected chi connectivity index (χ4v) is 2.51. The Kier molecular flexibility index (Phi) is 4.93. The number of aliphatic hydroxyl groups excluding tert-OH is 1. The van der Waals surface area contributed by atoms with Gasteiger partial charge in [-0.3, -0.25) is 9.89 Å². The summed E-state index contributed by atoms with van der Waals surface area (Å²) in [6, 6.07) is 1.83. The van der Waals surface area contributed by atoms with E-state index in [9.17, 15) is 4.79 Å². The Morgan fingerprint density at radius 1 is 1.60 bits per heavy atom. The van der Waals surface area contributed by atoms with E-state index in [1.54, 1.807) is 24.3 Å². The fourth-order valence-electron chi connectivity index (χ4n) is 1.67. The quantitative estimate of drug-likeness (QED) is 0.838. The molecule has 6 heteroatoms. The van der Waals surface area contributed by atoms with Gasteiger partial charge in [-0.25, -0.2) is 0 Å². The van der Waals surface area contributed by atoms with Crippen LogP contribution in [0.15, 0.2) is 23.8 Å². The number of rotatable bonds is 4. The molecule has 2 aromatic rings. The lowest BCUT2D eigenvalue weighted by Crippen LogP contribution is -2.25. The van der Waals surface area contributed by atoms with Crippen LogP contribution in [0.3, 0.4) is 0 Å². The second-order valence-electron chi connectivity index (χ2n) is 4.21. The number of carbonyl (C=O) groups is 1. The van der Waals surface area contributed by atoms with Crippen molar-refractivity contribution < 1.29 is 9.90 Å². The van der Waals surface area contributed by atoms with Crippen molar-refractivity contribution in [3.8, 4) is 11.8 Å². The molecule has 0 spiro atoms. The van der Waals surface area contributed by atoms with Crippen LogP contribution < -0.4 is 0 Å². The zero-order valence-corrected chi connectivity index (χ0v) is 11.9. The molecule has 2 aromatic heterocycles. The minimum Gasteiger partial charge on any atom is -0.395 e. The van der Waals surface area contributed by atoms with E-state index in [0.717, 1.165) is 5.56 Å². The smallest absolute Gasteiger partial charge is 0.265 e. The second-order valence-corrected chi connectivity index (χ2v) is 5.12. The second kappa shape index (κ2) is 6.89. The molecule has 0 aliphatic rings. The van der Waals surface area contributed by atoms with Gasteiger partial charge in [-0.2, -0.15) is 5.10 Å². The predicted molar refractivity (Wildman–Crippen MR) is 77.3 cm³/mol. The Labute approximate surface area is 121 Å². The summed E-state index contributed by atoms with van der Waals surface area (Å²) < 4.78 is 0. The van der Waals surface area contributed by atoms with Crippen molar-refractivity contribution in [2.75, 3.05) is 13.7 Å². The highest BCUT2D eigenvalue weighted by Crippen LogP contribution is 2.18. The van der Waals surface area contributed by atoms with Crippen LogP contribution in [0.25, 0.3) is 0 Å². The molecule has 20 heavy (non-hydrogen) atoms. The Morgan fingerprint density at radius 3 is 3.15 bits per heavy atom. The number of hydrogen-bond acceptors (Lipinski definition) is 4. The number of aromatic amines is 1. The number of H-pyrrole nitrogens is 1. The van der Waals surface area contributed by atoms with Crippen LogP contribution in [0.4, 0.5) is 0 Å². The highest BCUT2D eigenvalue weighted by atomic mass is 32.1. The predicted octanol–water partition coefficient (Wildman–Crippen LogP) is 1.48. The molecular formula is C14H15N3O2S. The number of carbonyl (C=O) groups excluding carboxylic acids is 1. The van der Waals surface area contributed by atoms with Crippen LogP contribution in [0.2, 0.25) is 0 Å². The van der Waals surface area contributed by atoms with Crippen molar-refractivity contribution >= 4 is 17.2 Å². The molecular weight excluding hydrogens is 274 g/mol. The molecule has 2 heterocycles. The van der Waals surface area contributed by atoms with Crippen molar-refractivity contribution in [1.29, 1.82) is 0 Å². The number of nitrogens with zero attached hydrogens (tertiary/aromatic N) is 2. The molecule has 0 atom stereocenters. The summed E-state index contributed by atoms with van der Waals surface area (Å²) >= 11 is 1.38. The lowest BCUT2D eigenvalue weighted by Gasteiger charge is -2.15. The maximum Gasteiger partial charge on any atom is 0.265 e. The van der Waals surface area contributed by atoms with Crippen molar-refractivity contribution in [2.24, 2.45) is 0 Å². The first-order valence-corrected chi connectivity index (χ1v) is 7.00. The van der Waals surface area contributed by atoms with Gasteiger partial charge < -0.3 is 10.0 Å². The number of thiophene rings is 1. The highest BCUT2D eigenvalue weighted by Gasteiger charge is 2.17. The van der Waals surface area contributed by atoms with Crippen molar-refractivity contribution in [2.45, 2.75) is 13.0 Å². The van der Waals surface area contributed by atoms with E-state index < -0.39 is 0 Å². The zero-order chi connectivity index (χ0) is 14.4. The molecule has 0 radical (unpaired) electrons. The molecule has 2 N–H and O–H groups in total. The SMILES string of the molecule is CN(Cc1cn[nH]c1)C(=O)c1sccc1C#CCCO. The van der Waals surface area contributed by atoms with E-state index in [2.05, 4.69) is 22.0 Å². The Hall–Kier alpha value is -2.10. The van der Waals surface area contributed by atoms with Gasteiger partial charge in [0.05, 0.1) is 12.8 Å². The summed E-state index contributed by atoms with van der Waals surface area (Å²) in [4.78, 5) is 14.6. The van der Waals surface area contributed by atoms with E-state index >= 15 is 0 Å². The van der Waals surface area contributed by atoms with Crippen LogP contribution in [0.1, 0.15) is 27.2 Å². The number of amides is 1. The van der Waals surface area contributed by atoms with E-state index in [4.69, 9.17) is 5.11 Å². The maximum absolute atomic E-state index is 12.4. The molecule has 0 saturated heterocycles. The van der Waals surface area contributed by atoms with E-state index in [1.165, 1.54) is 11.3 Å². The molecule has 2 rings (SSSR count). The number of aromatic nitrogens is 2. The molecule has 0 aliphatic carbocycles. The summed E-state index contributed by atoms with van der Waals surface area (Å²) in [5, 5.41) is 17.2. The van der Waals surface area contributed by atoms with Crippen molar-refractivity contribution in [1.82, 2.24) is 15.1 Å². The van der Waals surface area contributed by atoms with Gasteiger partial charge in [0.25, 0.3) is 5.91 Å². The van der Waals surface area contributed by atoms with Gasteiger partial charge in [0.1, 0.15) is 4.88 Å².